The maximum Gasteiger partial charge on any atom is 0.430 e. The summed E-state index contributed by atoms with van der Waals surface area (Å²) in [6, 6.07) is 9.89. The molecule has 2 aromatic rings. The number of carboxylic acid groups (broad SMARTS) is 2. The van der Waals surface area contributed by atoms with Gasteiger partial charge in [-0.3, -0.25) is 0 Å². The van der Waals surface area contributed by atoms with Gasteiger partial charge in [0.25, 0.3) is 0 Å². The molecule has 0 saturated carbocycles. The van der Waals surface area contributed by atoms with Crippen molar-refractivity contribution >= 4 is 24.1 Å². The van der Waals surface area contributed by atoms with Crippen LogP contribution in [0.3, 0.4) is 0 Å². The Balaban J connectivity index is 0.000000240. The van der Waals surface area contributed by atoms with Crippen LogP contribution in [0, 0.1) is 0 Å². The summed E-state index contributed by atoms with van der Waals surface area (Å²) in [6.45, 7) is 11.9. The fraction of sp³-hybridized carbons (Fsp3) is 0.438. The summed E-state index contributed by atoms with van der Waals surface area (Å²) < 4.78 is 88.1. The molecule has 2 aliphatic rings. The van der Waals surface area contributed by atoms with Gasteiger partial charge in [0.2, 0.25) is 12.2 Å². The molecule has 0 bridgehead atoms. The number of ether oxygens (including phenoxy) is 2. The number of hydrogen-bond acceptors (Lipinski definition) is 4. The van der Waals surface area contributed by atoms with Crippen LogP contribution in [0.5, 0.6) is 11.5 Å². The van der Waals surface area contributed by atoms with Gasteiger partial charge in [-0.05, 0) is 59.1 Å². The summed E-state index contributed by atoms with van der Waals surface area (Å²) in [5.74, 6) is -3.14. The van der Waals surface area contributed by atoms with E-state index in [-0.39, 0.29) is 22.3 Å². The summed E-state index contributed by atoms with van der Waals surface area (Å²) in [6.07, 6.45) is -10.8. The lowest BCUT2D eigenvalue weighted by Crippen LogP contribution is -2.40. The summed E-state index contributed by atoms with van der Waals surface area (Å²) in [4.78, 5) is 22.1. The Bertz CT molecular complexity index is 1370. The second-order valence-electron chi connectivity index (χ2n) is 11.9. The SMILES string of the molecule is CCC(C)(C)c1ccc2c(c1)OC(C(F)(F)F)C(C(=O)O)=C2.CCC(C)(C)c1ccc2c(c1)OC(C(F)(F)F)C(C(=O)O)=C2. The third kappa shape index (κ3) is 7.39. The molecule has 2 aliphatic heterocycles. The highest BCUT2D eigenvalue weighted by atomic mass is 19.4. The van der Waals surface area contributed by atoms with Gasteiger partial charge in [0.1, 0.15) is 11.5 Å². The molecular weight excluding hydrogens is 594 g/mol. The van der Waals surface area contributed by atoms with E-state index in [1.54, 1.807) is 36.4 Å². The van der Waals surface area contributed by atoms with Crippen molar-refractivity contribution in [1.82, 2.24) is 0 Å². The van der Waals surface area contributed by atoms with E-state index in [1.807, 2.05) is 41.5 Å². The lowest BCUT2D eigenvalue weighted by atomic mass is 9.81. The molecule has 2 heterocycles. The van der Waals surface area contributed by atoms with Crippen molar-refractivity contribution in [2.75, 3.05) is 0 Å². The van der Waals surface area contributed by atoms with E-state index in [2.05, 4.69) is 0 Å². The molecule has 0 aromatic heterocycles. The van der Waals surface area contributed by atoms with Crippen molar-refractivity contribution in [2.24, 2.45) is 0 Å². The number of benzene rings is 2. The highest BCUT2D eigenvalue weighted by Gasteiger charge is 2.49. The molecule has 0 fully saturated rings. The van der Waals surface area contributed by atoms with E-state index < -0.39 is 47.6 Å². The van der Waals surface area contributed by atoms with Crippen LogP contribution in [-0.2, 0) is 20.4 Å². The van der Waals surface area contributed by atoms with Gasteiger partial charge in [-0.25, -0.2) is 9.59 Å². The number of rotatable bonds is 6. The first-order chi connectivity index (χ1) is 20.1. The first-order valence-corrected chi connectivity index (χ1v) is 13.8. The third-order valence-electron chi connectivity index (χ3n) is 8.12. The normalized spacial score (nSPS) is 18.3. The molecule has 2 unspecified atom stereocenters. The van der Waals surface area contributed by atoms with E-state index in [0.29, 0.717) is 11.1 Å². The Hall–Kier alpha value is -3.96. The predicted molar refractivity (Wildman–Crippen MR) is 152 cm³/mol. The highest BCUT2D eigenvalue weighted by molar-refractivity contribution is 5.95. The highest BCUT2D eigenvalue weighted by Crippen LogP contribution is 2.41. The molecule has 0 radical (unpaired) electrons. The number of carbonyl (C=O) groups is 2. The van der Waals surface area contributed by atoms with Crippen molar-refractivity contribution in [1.29, 1.82) is 0 Å². The van der Waals surface area contributed by atoms with Crippen molar-refractivity contribution < 1.29 is 55.6 Å². The summed E-state index contributed by atoms with van der Waals surface area (Å²) in [5, 5.41) is 17.9. The molecule has 6 nitrogen and oxygen atoms in total. The second-order valence-corrected chi connectivity index (χ2v) is 11.9. The number of aliphatic carboxylic acids is 2. The molecule has 0 saturated heterocycles. The molecule has 240 valence electrons. The van der Waals surface area contributed by atoms with Gasteiger partial charge in [0, 0.05) is 11.1 Å². The van der Waals surface area contributed by atoms with Crippen LogP contribution < -0.4 is 9.47 Å². The van der Waals surface area contributed by atoms with Crippen molar-refractivity contribution in [2.45, 2.75) is 89.8 Å². The van der Waals surface area contributed by atoms with Gasteiger partial charge in [-0.1, -0.05) is 65.8 Å². The minimum Gasteiger partial charge on any atom is -0.478 e. The summed E-state index contributed by atoms with van der Waals surface area (Å²) >= 11 is 0. The smallest absolute Gasteiger partial charge is 0.430 e. The molecular formula is C32H34F6O6. The minimum atomic E-state index is -4.78. The summed E-state index contributed by atoms with van der Waals surface area (Å²) in [5.41, 5.74) is 0.363. The Morgan fingerprint density at radius 3 is 1.23 bits per heavy atom. The number of alkyl halides is 6. The van der Waals surface area contributed by atoms with Gasteiger partial charge >= 0.3 is 24.3 Å². The Labute approximate surface area is 251 Å². The standard InChI is InChI=1S/2C16H17F3O3/c2*1-4-15(2,3)10-6-5-9-7-11(14(20)21)13(16(17,18)19)22-12(9)8-10/h2*5-8,13H,4H2,1-3H3,(H,20,21). The van der Waals surface area contributed by atoms with Crippen LogP contribution in [-0.4, -0.2) is 46.7 Å². The van der Waals surface area contributed by atoms with Gasteiger partial charge in [-0.15, -0.1) is 0 Å². The Morgan fingerprint density at radius 2 is 0.977 bits per heavy atom. The summed E-state index contributed by atoms with van der Waals surface area (Å²) in [7, 11) is 0. The van der Waals surface area contributed by atoms with Crippen LogP contribution in [0.4, 0.5) is 26.3 Å². The maximum absolute atomic E-state index is 13.0. The molecule has 0 amide bonds. The van der Waals surface area contributed by atoms with Gasteiger partial charge < -0.3 is 19.7 Å². The van der Waals surface area contributed by atoms with Crippen molar-refractivity contribution in [3.8, 4) is 11.5 Å². The van der Waals surface area contributed by atoms with E-state index >= 15 is 0 Å². The molecule has 4 rings (SSSR count). The van der Waals surface area contributed by atoms with Crippen LogP contribution in [0.2, 0.25) is 0 Å². The monoisotopic (exact) mass is 628 g/mol. The quantitative estimate of drug-likeness (QED) is 0.313. The number of hydrogen-bond donors (Lipinski definition) is 2. The zero-order valence-corrected chi connectivity index (χ0v) is 25.0. The van der Waals surface area contributed by atoms with Crippen LogP contribution >= 0.6 is 0 Å². The fourth-order valence-corrected chi connectivity index (χ4v) is 4.46. The average Bonchev–Trinajstić information content (AvgIpc) is 2.94. The van der Waals surface area contributed by atoms with Gasteiger partial charge in [0.15, 0.2) is 0 Å². The minimum absolute atomic E-state index is 0.0614. The van der Waals surface area contributed by atoms with Crippen molar-refractivity contribution in [3.05, 3.63) is 69.8 Å². The number of carboxylic acids is 2. The zero-order valence-electron chi connectivity index (χ0n) is 25.0. The van der Waals surface area contributed by atoms with Crippen molar-refractivity contribution in [3.63, 3.8) is 0 Å². The van der Waals surface area contributed by atoms with E-state index in [1.165, 1.54) is 0 Å². The molecule has 0 aliphatic carbocycles. The lowest BCUT2D eigenvalue weighted by Gasteiger charge is -2.29. The van der Waals surface area contributed by atoms with E-state index in [0.717, 1.165) is 36.1 Å². The topological polar surface area (TPSA) is 93.1 Å². The molecule has 44 heavy (non-hydrogen) atoms. The van der Waals surface area contributed by atoms with E-state index in [4.69, 9.17) is 19.7 Å². The fourth-order valence-electron chi connectivity index (χ4n) is 4.46. The molecule has 2 aromatic carbocycles. The maximum atomic E-state index is 13.0. The molecule has 2 atom stereocenters. The second kappa shape index (κ2) is 12.2. The molecule has 0 spiro atoms. The predicted octanol–water partition coefficient (Wildman–Crippen LogP) is 8.33. The Morgan fingerprint density at radius 1 is 0.659 bits per heavy atom. The largest absolute Gasteiger partial charge is 0.478 e. The zero-order chi connectivity index (χ0) is 33.4. The average molecular weight is 629 g/mol. The number of halogens is 6. The first-order valence-electron chi connectivity index (χ1n) is 13.8. The van der Waals surface area contributed by atoms with Gasteiger partial charge in [0.05, 0.1) is 11.1 Å². The first kappa shape index (κ1) is 34.5. The number of fused-ring (bicyclic) bond motifs is 2. The third-order valence-corrected chi connectivity index (χ3v) is 8.12. The van der Waals surface area contributed by atoms with E-state index in [9.17, 15) is 35.9 Å². The molecule has 2 N–H and O–H groups in total. The van der Waals surface area contributed by atoms with Crippen LogP contribution in [0.1, 0.15) is 76.6 Å². The lowest BCUT2D eigenvalue weighted by molar-refractivity contribution is -0.187. The van der Waals surface area contributed by atoms with Crippen LogP contribution in [0.25, 0.3) is 12.2 Å². The van der Waals surface area contributed by atoms with Crippen LogP contribution in [0.15, 0.2) is 47.5 Å². The molecule has 12 heteroatoms. The van der Waals surface area contributed by atoms with Gasteiger partial charge in [-0.2, -0.15) is 26.3 Å². The Kier molecular flexibility index (Phi) is 9.58.